The van der Waals surface area contributed by atoms with Crippen molar-refractivity contribution in [3.8, 4) is 17.3 Å². The largest absolute Gasteiger partial charge is 0.493 e. The molecule has 28 heavy (non-hydrogen) atoms. The average Bonchev–Trinajstić information content (AvgIpc) is 3.00. The summed E-state index contributed by atoms with van der Waals surface area (Å²) in [4.78, 5) is 16.7. The molecule has 0 bridgehead atoms. The van der Waals surface area contributed by atoms with Crippen molar-refractivity contribution < 1.29 is 23.0 Å². The van der Waals surface area contributed by atoms with Gasteiger partial charge in [-0.1, -0.05) is 0 Å². The zero-order valence-electron chi connectivity index (χ0n) is 15.4. The molecule has 0 saturated heterocycles. The summed E-state index contributed by atoms with van der Waals surface area (Å²) in [6.07, 6.45) is 1.51. The third-order valence-corrected chi connectivity index (χ3v) is 3.87. The van der Waals surface area contributed by atoms with Crippen molar-refractivity contribution in [3.63, 3.8) is 0 Å². The van der Waals surface area contributed by atoms with E-state index in [2.05, 4.69) is 20.1 Å². The second kappa shape index (κ2) is 8.03. The molecule has 7 nitrogen and oxygen atoms in total. The minimum atomic E-state index is -2.99. The van der Waals surface area contributed by atoms with Crippen molar-refractivity contribution >= 4 is 11.6 Å². The number of nitrogens with one attached hydrogen (secondary N) is 1. The maximum atomic E-state index is 12.4. The van der Waals surface area contributed by atoms with E-state index in [0.29, 0.717) is 11.5 Å². The van der Waals surface area contributed by atoms with Crippen LogP contribution < -0.4 is 14.8 Å². The number of ether oxygens (including phenoxy) is 2. The number of halogens is 2. The van der Waals surface area contributed by atoms with E-state index in [0.717, 1.165) is 11.4 Å². The Hall–Kier alpha value is -3.49. The van der Waals surface area contributed by atoms with E-state index in [1.807, 2.05) is 19.9 Å². The second-order valence-corrected chi connectivity index (χ2v) is 5.94. The van der Waals surface area contributed by atoms with Crippen LogP contribution in [-0.2, 0) is 0 Å². The smallest absolute Gasteiger partial charge is 0.387 e. The number of hydrogen-bond donors (Lipinski definition) is 1. The molecular weight excluding hydrogens is 370 g/mol. The number of amides is 1. The van der Waals surface area contributed by atoms with E-state index >= 15 is 0 Å². The number of aromatic nitrogens is 3. The van der Waals surface area contributed by atoms with Gasteiger partial charge in [-0.2, -0.15) is 13.9 Å². The Morgan fingerprint density at radius 1 is 1.14 bits per heavy atom. The maximum Gasteiger partial charge on any atom is 0.387 e. The number of rotatable bonds is 6. The quantitative estimate of drug-likeness (QED) is 0.696. The Morgan fingerprint density at radius 3 is 2.50 bits per heavy atom. The zero-order chi connectivity index (χ0) is 20.3. The number of pyridine rings is 1. The van der Waals surface area contributed by atoms with Crippen molar-refractivity contribution in [2.45, 2.75) is 20.5 Å². The molecule has 0 atom stereocenters. The molecule has 0 radical (unpaired) electrons. The lowest BCUT2D eigenvalue weighted by molar-refractivity contribution is -0.0512. The lowest BCUT2D eigenvalue weighted by Crippen LogP contribution is -2.13. The number of carbonyl (C=O) groups is 1. The maximum absolute atomic E-state index is 12.4. The number of aryl methyl sites for hydroxylation is 2. The van der Waals surface area contributed by atoms with Crippen LogP contribution in [0.3, 0.4) is 0 Å². The predicted octanol–water partition coefficient (Wildman–Crippen LogP) is 3.75. The summed E-state index contributed by atoms with van der Waals surface area (Å²) in [5, 5.41) is 7.05. The summed E-state index contributed by atoms with van der Waals surface area (Å²) in [5.41, 5.74) is 2.52. The van der Waals surface area contributed by atoms with Crippen LogP contribution >= 0.6 is 0 Å². The van der Waals surface area contributed by atoms with Crippen molar-refractivity contribution in [1.29, 1.82) is 0 Å². The van der Waals surface area contributed by atoms with Crippen LogP contribution in [0.4, 0.5) is 14.5 Å². The molecule has 0 aliphatic carbocycles. The third kappa shape index (κ3) is 4.25. The van der Waals surface area contributed by atoms with Crippen LogP contribution in [0.2, 0.25) is 0 Å². The van der Waals surface area contributed by atoms with Crippen LogP contribution in [0, 0.1) is 13.8 Å². The second-order valence-electron chi connectivity index (χ2n) is 5.94. The topological polar surface area (TPSA) is 78.3 Å². The van der Waals surface area contributed by atoms with Gasteiger partial charge in [-0.05, 0) is 50.2 Å². The predicted molar refractivity (Wildman–Crippen MR) is 98.4 cm³/mol. The Balaban J connectivity index is 1.75. The molecule has 2 heterocycles. The van der Waals surface area contributed by atoms with Gasteiger partial charge in [-0.25, -0.2) is 9.67 Å². The molecule has 146 valence electrons. The Morgan fingerprint density at radius 2 is 1.93 bits per heavy atom. The highest BCUT2D eigenvalue weighted by Crippen LogP contribution is 2.29. The summed E-state index contributed by atoms with van der Waals surface area (Å²) in [6, 6.07) is 9.31. The summed E-state index contributed by atoms with van der Waals surface area (Å²) in [5.74, 6) is 0.0669. The van der Waals surface area contributed by atoms with Crippen LogP contribution in [0.25, 0.3) is 5.82 Å². The van der Waals surface area contributed by atoms with E-state index in [4.69, 9.17) is 4.74 Å². The summed E-state index contributed by atoms with van der Waals surface area (Å²) in [6.45, 7) is 0.830. The molecule has 1 amide bonds. The van der Waals surface area contributed by atoms with Gasteiger partial charge in [0, 0.05) is 11.3 Å². The first-order valence-corrected chi connectivity index (χ1v) is 8.31. The minimum absolute atomic E-state index is 0.0333. The van der Waals surface area contributed by atoms with Gasteiger partial charge in [0.05, 0.1) is 24.7 Å². The number of nitrogens with zero attached hydrogens (tertiary/aromatic N) is 3. The number of hydrogen-bond acceptors (Lipinski definition) is 5. The Labute approximate surface area is 159 Å². The molecule has 0 fully saturated rings. The van der Waals surface area contributed by atoms with Gasteiger partial charge in [-0.3, -0.25) is 4.79 Å². The Kier molecular flexibility index (Phi) is 5.53. The first-order chi connectivity index (χ1) is 13.4. The zero-order valence-corrected chi connectivity index (χ0v) is 15.4. The van der Waals surface area contributed by atoms with Crippen LogP contribution in [-0.4, -0.2) is 34.4 Å². The van der Waals surface area contributed by atoms with Crippen molar-refractivity contribution in [1.82, 2.24) is 14.8 Å². The van der Waals surface area contributed by atoms with E-state index in [-0.39, 0.29) is 17.1 Å². The fourth-order valence-corrected chi connectivity index (χ4v) is 2.65. The first-order valence-electron chi connectivity index (χ1n) is 8.31. The molecule has 0 unspecified atom stereocenters. The summed E-state index contributed by atoms with van der Waals surface area (Å²) in [7, 11) is 1.30. The summed E-state index contributed by atoms with van der Waals surface area (Å²) < 4.78 is 35.8. The Bertz CT molecular complexity index is 987. The van der Waals surface area contributed by atoms with Gasteiger partial charge in [0.1, 0.15) is 0 Å². The summed E-state index contributed by atoms with van der Waals surface area (Å²) >= 11 is 0. The molecule has 9 heteroatoms. The van der Waals surface area contributed by atoms with Crippen molar-refractivity contribution in [2.75, 3.05) is 12.4 Å². The monoisotopic (exact) mass is 388 g/mol. The standard InChI is InChI=1S/C19H18F2N4O3/c1-11-8-12(2)25(24-11)17-7-5-14(10-22-17)23-18(26)13-4-6-15(28-19(20)21)16(9-13)27-3/h4-10,19H,1-3H3,(H,23,26). The molecule has 2 aromatic heterocycles. The molecule has 0 aliphatic heterocycles. The molecule has 0 spiro atoms. The van der Waals surface area contributed by atoms with Gasteiger partial charge in [0.25, 0.3) is 5.91 Å². The highest BCUT2D eigenvalue weighted by molar-refractivity contribution is 6.04. The SMILES string of the molecule is COc1cc(C(=O)Nc2ccc(-n3nc(C)cc3C)nc2)ccc1OC(F)F. The number of anilines is 1. The molecule has 1 N–H and O–H groups in total. The average molecular weight is 388 g/mol. The first kappa shape index (κ1) is 19.3. The number of methoxy groups -OCH3 is 1. The van der Waals surface area contributed by atoms with Gasteiger partial charge < -0.3 is 14.8 Å². The van der Waals surface area contributed by atoms with Gasteiger partial charge in [0.2, 0.25) is 0 Å². The highest BCUT2D eigenvalue weighted by atomic mass is 19.3. The minimum Gasteiger partial charge on any atom is -0.493 e. The molecule has 0 saturated carbocycles. The van der Waals surface area contributed by atoms with Gasteiger partial charge in [-0.15, -0.1) is 0 Å². The van der Waals surface area contributed by atoms with E-state index < -0.39 is 12.5 Å². The van der Waals surface area contributed by atoms with Gasteiger partial charge in [0.15, 0.2) is 17.3 Å². The molecule has 3 rings (SSSR count). The molecular formula is C19H18F2N4O3. The van der Waals surface area contributed by atoms with Crippen LogP contribution in [0.15, 0.2) is 42.6 Å². The lowest BCUT2D eigenvalue weighted by atomic mass is 10.2. The fraction of sp³-hybridized carbons (Fsp3) is 0.211. The van der Waals surface area contributed by atoms with E-state index in [1.165, 1.54) is 31.5 Å². The molecule has 3 aromatic rings. The van der Waals surface area contributed by atoms with Crippen molar-refractivity contribution in [3.05, 3.63) is 59.5 Å². The van der Waals surface area contributed by atoms with Crippen molar-refractivity contribution in [2.24, 2.45) is 0 Å². The fourth-order valence-electron chi connectivity index (χ4n) is 2.65. The van der Waals surface area contributed by atoms with Crippen LogP contribution in [0.1, 0.15) is 21.7 Å². The highest BCUT2D eigenvalue weighted by Gasteiger charge is 2.14. The van der Waals surface area contributed by atoms with Gasteiger partial charge >= 0.3 is 6.61 Å². The molecule has 0 aliphatic rings. The van der Waals surface area contributed by atoms with E-state index in [1.54, 1.807) is 16.8 Å². The number of alkyl halides is 2. The third-order valence-electron chi connectivity index (χ3n) is 3.87. The number of benzene rings is 1. The van der Waals surface area contributed by atoms with E-state index in [9.17, 15) is 13.6 Å². The lowest BCUT2D eigenvalue weighted by Gasteiger charge is -2.11. The molecule has 1 aromatic carbocycles. The van der Waals surface area contributed by atoms with Crippen LogP contribution in [0.5, 0.6) is 11.5 Å². The number of carbonyl (C=O) groups excluding carboxylic acids is 1. The normalized spacial score (nSPS) is 10.8.